The van der Waals surface area contributed by atoms with Gasteiger partial charge in [0.2, 0.25) is 5.91 Å². The van der Waals surface area contributed by atoms with Crippen LogP contribution in [0.5, 0.6) is 0 Å². The van der Waals surface area contributed by atoms with Gasteiger partial charge in [0.25, 0.3) is 0 Å². The summed E-state index contributed by atoms with van der Waals surface area (Å²) in [5, 5.41) is 0. The van der Waals surface area contributed by atoms with Gasteiger partial charge in [-0.1, -0.05) is 12.1 Å². The third-order valence-electron chi connectivity index (χ3n) is 6.91. The van der Waals surface area contributed by atoms with Crippen LogP contribution in [0.25, 0.3) is 0 Å². The molecule has 2 heterocycles. The Balaban J connectivity index is 1.63. The van der Waals surface area contributed by atoms with Crippen LogP contribution in [0.15, 0.2) is 29.2 Å². The van der Waals surface area contributed by atoms with Crippen LogP contribution in [-0.2, 0) is 15.8 Å². The van der Waals surface area contributed by atoms with Crippen molar-refractivity contribution >= 4 is 28.7 Å². The number of carbonyl (C=O) groups is 1. The van der Waals surface area contributed by atoms with E-state index in [1.165, 1.54) is 23.5 Å². The summed E-state index contributed by atoms with van der Waals surface area (Å²) in [7, 11) is 0.741. The summed E-state index contributed by atoms with van der Waals surface area (Å²) in [6.45, 7) is 5.99. The molecule has 160 valence electrons. The fraction of sp³-hybridized carbons (Fsp3) is 0.696. The summed E-state index contributed by atoms with van der Waals surface area (Å²) in [5.41, 5.74) is 0.841. The summed E-state index contributed by atoms with van der Waals surface area (Å²) in [6.07, 6.45) is 6.57. The second kappa shape index (κ2) is 8.01. The van der Waals surface area contributed by atoms with E-state index in [-0.39, 0.29) is 28.2 Å². The summed E-state index contributed by atoms with van der Waals surface area (Å²) < 4.78 is 16.2. The van der Waals surface area contributed by atoms with E-state index in [1.54, 1.807) is 0 Å². The number of hydrogen-bond acceptors (Lipinski definition) is 3. The molecule has 2 saturated carbocycles. The highest BCUT2D eigenvalue weighted by atomic mass is 32.2. The van der Waals surface area contributed by atoms with E-state index in [0.29, 0.717) is 0 Å². The zero-order chi connectivity index (χ0) is 20.8. The van der Waals surface area contributed by atoms with E-state index in [4.69, 9.17) is 0 Å². The van der Waals surface area contributed by atoms with Gasteiger partial charge in [0.1, 0.15) is 0 Å². The number of fused-ring (bicyclic) bond motifs is 3. The number of piperidine rings is 2. The lowest BCUT2D eigenvalue weighted by atomic mass is 9.65. The molecule has 2 atom stereocenters. The normalized spacial score (nSPS) is 29.2. The van der Waals surface area contributed by atoms with Crippen molar-refractivity contribution in [3.8, 4) is 0 Å². The molecule has 6 heteroatoms. The second-order valence-corrected chi connectivity index (χ2v) is 13.1. The number of nitrogens with one attached hydrogen (secondary N) is 1. The third kappa shape index (κ3) is 4.31. The Labute approximate surface area is 182 Å². The molecule has 0 aromatic heterocycles. The highest BCUT2D eigenvalue weighted by Gasteiger charge is 2.54. The van der Waals surface area contributed by atoms with Gasteiger partial charge in [-0.15, -0.1) is 11.8 Å². The zero-order valence-corrected chi connectivity index (χ0v) is 19.7. The molecule has 4 fully saturated rings. The lowest BCUT2D eigenvalue weighted by Gasteiger charge is -2.56. The van der Waals surface area contributed by atoms with Crippen LogP contribution in [0, 0.1) is 11.8 Å². The number of carbonyl (C=O) groups excluding carboxylic acids is 1. The van der Waals surface area contributed by atoms with Crippen LogP contribution >= 0.6 is 11.8 Å². The molecule has 2 saturated heterocycles. The van der Waals surface area contributed by atoms with Crippen molar-refractivity contribution in [3.05, 3.63) is 29.8 Å². The molecule has 1 aromatic carbocycles. The molecule has 4 nitrogen and oxygen atoms in total. The van der Waals surface area contributed by atoms with Crippen molar-refractivity contribution in [1.29, 1.82) is 0 Å². The first-order chi connectivity index (χ1) is 13.7. The van der Waals surface area contributed by atoms with Gasteiger partial charge in [0.15, 0.2) is 0 Å². The van der Waals surface area contributed by atoms with E-state index in [2.05, 4.69) is 29.0 Å². The van der Waals surface area contributed by atoms with E-state index >= 15 is 0 Å². The molecule has 0 spiro atoms. The summed E-state index contributed by atoms with van der Waals surface area (Å²) in [4.78, 5) is 16.1. The van der Waals surface area contributed by atoms with E-state index in [0.717, 1.165) is 37.2 Å². The Kier molecular flexibility index (Phi) is 5.91. The third-order valence-corrected chi connectivity index (χ3v) is 9.72. The maximum absolute atomic E-state index is 13.1. The van der Waals surface area contributed by atoms with Crippen LogP contribution in [0.4, 0.5) is 0 Å². The smallest absolute Gasteiger partial charge is 0.225 e. The number of thioether (sulfide) groups is 1. The van der Waals surface area contributed by atoms with Gasteiger partial charge in [-0.25, -0.2) is 8.93 Å². The minimum absolute atomic E-state index is 0.125. The van der Waals surface area contributed by atoms with E-state index in [1.807, 2.05) is 44.5 Å². The van der Waals surface area contributed by atoms with Gasteiger partial charge in [0.05, 0.1) is 27.3 Å². The number of nitrogens with zero attached hydrogens (tertiary/aromatic N) is 1. The quantitative estimate of drug-likeness (QED) is 0.634. The largest absolute Gasteiger partial charge is 0.338 e. The van der Waals surface area contributed by atoms with Gasteiger partial charge in [-0.3, -0.25) is 4.79 Å². The van der Waals surface area contributed by atoms with Gasteiger partial charge in [-0.05, 0) is 82.9 Å². The summed E-state index contributed by atoms with van der Waals surface area (Å²) in [6, 6.07) is 8.63. The monoisotopic (exact) mass is 434 g/mol. The molecule has 1 unspecified atom stereocenters. The van der Waals surface area contributed by atoms with Crippen LogP contribution < -0.4 is 4.72 Å². The van der Waals surface area contributed by atoms with Gasteiger partial charge in [-0.2, -0.15) is 0 Å². The van der Waals surface area contributed by atoms with Crippen molar-refractivity contribution < 1.29 is 9.00 Å². The van der Waals surface area contributed by atoms with Gasteiger partial charge < -0.3 is 4.90 Å². The summed E-state index contributed by atoms with van der Waals surface area (Å²) in [5.74, 6) is 2.54. The molecule has 4 aliphatic rings. The zero-order valence-electron chi connectivity index (χ0n) is 18.1. The highest BCUT2D eigenvalue weighted by Crippen LogP contribution is 2.50. The minimum atomic E-state index is -1.21. The lowest BCUT2D eigenvalue weighted by Crippen LogP contribution is -2.65. The molecular formula is C23H34N2O2S2. The molecule has 1 N–H and O–H groups in total. The minimum Gasteiger partial charge on any atom is -0.338 e. The number of hydrogen-bond donors (Lipinski definition) is 1. The molecule has 2 aliphatic carbocycles. The average molecular weight is 435 g/mol. The Bertz CT molecular complexity index is 775. The maximum atomic E-state index is 13.1. The summed E-state index contributed by atoms with van der Waals surface area (Å²) >= 11 is 1.93. The van der Waals surface area contributed by atoms with Crippen LogP contribution in [0.2, 0.25) is 0 Å². The average Bonchev–Trinajstić information content (AvgIpc) is 3.52. The Morgan fingerprint density at radius 2 is 1.79 bits per heavy atom. The van der Waals surface area contributed by atoms with E-state index in [9.17, 15) is 9.00 Å². The van der Waals surface area contributed by atoms with Crippen LogP contribution in [0.3, 0.4) is 0 Å². The first-order valence-electron chi connectivity index (χ1n) is 10.9. The molecule has 1 amide bonds. The predicted octanol–water partition coefficient (Wildman–Crippen LogP) is 4.68. The Morgan fingerprint density at radius 1 is 1.17 bits per heavy atom. The maximum Gasteiger partial charge on any atom is 0.225 e. The number of likely N-dealkylation sites (N-methyl/N-ethyl adjacent to an activating group) is 1. The highest BCUT2D eigenvalue weighted by molar-refractivity contribution is 7.99. The number of rotatable bonds is 7. The molecule has 29 heavy (non-hydrogen) atoms. The second-order valence-electron chi connectivity index (χ2n) is 10.0. The van der Waals surface area contributed by atoms with Crippen molar-refractivity contribution in [2.45, 2.75) is 80.5 Å². The number of amides is 1. The molecule has 2 bridgehead atoms. The fourth-order valence-corrected chi connectivity index (χ4v) is 6.72. The molecule has 0 radical (unpaired) electrons. The topological polar surface area (TPSA) is 49.4 Å². The van der Waals surface area contributed by atoms with Crippen molar-refractivity contribution in [2.75, 3.05) is 12.8 Å². The molecule has 1 aromatic rings. The fourth-order valence-electron chi connectivity index (χ4n) is 4.70. The van der Waals surface area contributed by atoms with Gasteiger partial charge in [0, 0.05) is 23.6 Å². The first-order valence-corrected chi connectivity index (χ1v) is 13.0. The van der Waals surface area contributed by atoms with E-state index < -0.39 is 11.0 Å². The van der Waals surface area contributed by atoms with Gasteiger partial charge >= 0.3 is 0 Å². The van der Waals surface area contributed by atoms with Crippen molar-refractivity contribution in [2.24, 2.45) is 11.8 Å². The standard InChI is InChI=1S/C23H34N2O2S2/c1-22(2,3)29(27)24-20(23-13-11-18(12-14-23)21(26)25(23)4)17-7-9-19(10-8-17)28-15-16-5-6-16/h7-10,16,18,20,24H,5-6,11-15H2,1-4H3/t18?,20-,23?,29?/m1/s1. The predicted molar refractivity (Wildman–Crippen MR) is 121 cm³/mol. The first kappa shape index (κ1) is 21.4. The molecule has 5 rings (SSSR count). The Morgan fingerprint density at radius 3 is 2.34 bits per heavy atom. The van der Waals surface area contributed by atoms with Crippen LogP contribution in [0.1, 0.15) is 70.9 Å². The van der Waals surface area contributed by atoms with Crippen molar-refractivity contribution in [3.63, 3.8) is 0 Å². The molecule has 2 aliphatic heterocycles. The Hall–Kier alpha value is -0.850. The molecular weight excluding hydrogens is 400 g/mol. The SMILES string of the molecule is CN1C(=O)C2CCC1([C@H](NS(=O)C(C)(C)C)c1ccc(SCC3CC3)cc1)CC2. The lowest BCUT2D eigenvalue weighted by molar-refractivity contribution is -0.155. The van der Waals surface area contributed by atoms with Crippen molar-refractivity contribution in [1.82, 2.24) is 9.62 Å². The van der Waals surface area contributed by atoms with Crippen LogP contribution in [-0.4, -0.2) is 38.1 Å². The number of benzene rings is 1.